The number of nitrogens with zero attached hydrogens (tertiary/aromatic N) is 3. The monoisotopic (exact) mass is 389 g/mol. The zero-order valence-corrected chi connectivity index (χ0v) is 17.0. The summed E-state index contributed by atoms with van der Waals surface area (Å²) < 4.78 is 5.24. The summed E-state index contributed by atoms with van der Waals surface area (Å²) in [5.74, 6) is 2.65. The standard InChI is InChI=1S/C23H23N3OS/c1-16-12-24-22(25-13-16)26-15-23(9-10-23)20-8-7-19(11-21(20)26)28-14-17-3-5-18(27-2)6-4-17/h3-8,11-13H,9-10,14-15H2,1-2H3. The normalized spacial score (nSPS) is 16.3. The van der Waals surface area contributed by atoms with Crippen LogP contribution in [0.4, 0.5) is 11.6 Å². The zero-order chi connectivity index (χ0) is 19.1. The van der Waals surface area contributed by atoms with E-state index in [-0.39, 0.29) is 0 Å². The van der Waals surface area contributed by atoms with Crippen LogP contribution in [0.2, 0.25) is 0 Å². The van der Waals surface area contributed by atoms with Crippen molar-refractivity contribution in [2.45, 2.75) is 35.8 Å². The topological polar surface area (TPSA) is 38.2 Å². The maximum absolute atomic E-state index is 5.24. The van der Waals surface area contributed by atoms with Crippen molar-refractivity contribution in [2.75, 3.05) is 18.6 Å². The summed E-state index contributed by atoms with van der Waals surface area (Å²) in [6.45, 7) is 3.02. The molecule has 1 fully saturated rings. The van der Waals surface area contributed by atoms with Gasteiger partial charge in [0.1, 0.15) is 5.75 Å². The van der Waals surface area contributed by atoms with E-state index in [4.69, 9.17) is 4.74 Å². The molecule has 1 aliphatic carbocycles. The van der Waals surface area contributed by atoms with E-state index in [0.29, 0.717) is 5.41 Å². The first-order chi connectivity index (χ1) is 13.7. The van der Waals surface area contributed by atoms with Gasteiger partial charge < -0.3 is 9.64 Å². The van der Waals surface area contributed by atoms with Crippen LogP contribution in [-0.2, 0) is 11.2 Å². The molecule has 0 unspecified atom stereocenters. The lowest BCUT2D eigenvalue weighted by molar-refractivity contribution is 0.414. The molecule has 142 valence electrons. The predicted molar refractivity (Wildman–Crippen MR) is 114 cm³/mol. The molecule has 28 heavy (non-hydrogen) atoms. The van der Waals surface area contributed by atoms with Gasteiger partial charge in [0.25, 0.3) is 0 Å². The Morgan fingerprint density at radius 1 is 1.07 bits per heavy atom. The molecule has 0 amide bonds. The first kappa shape index (κ1) is 17.6. The third kappa shape index (κ3) is 3.14. The van der Waals surface area contributed by atoms with Crippen LogP contribution in [0.3, 0.4) is 0 Å². The van der Waals surface area contributed by atoms with E-state index in [1.165, 1.54) is 34.6 Å². The van der Waals surface area contributed by atoms with Crippen molar-refractivity contribution >= 4 is 23.4 Å². The van der Waals surface area contributed by atoms with Crippen LogP contribution in [0.15, 0.2) is 59.8 Å². The van der Waals surface area contributed by atoms with Gasteiger partial charge in [0, 0.05) is 40.7 Å². The first-order valence-corrected chi connectivity index (χ1v) is 10.6. The van der Waals surface area contributed by atoms with Gasteiger partial charge in [-0.05, 0) is 60.7 Å². The molecular weight excluding hydrogens is 366 g/mol. The smallest absolute Gasteiger partial charge is 0.229 e. The van der Waals surface area contributed by atoms with Crippen molar-refractivity contribution < 1.29 is 4.74 Å². The Hall–Kier alpha value is -2.53. The van der Waals surface area contributed by atoms with Crippen LogP contribution in [-0.4, -0.2) is 23.6 Å². The summed E-state index contributed by atoms with van der Waals surface area (Å²) in [7, 11) is 1.70. The molecule has 0 bridgehead atoms. The van der Waals surface area contributed by atoms with Gasteiger partial charge in [0.05, 0.1) is 7.11 Å². The van der Waals surface area contributed by atoms with Crippen LogP contribution in [0.25, 0.3) is 0 Å². The Morgan fingerprint density at radius 3 is 2.50 bits per heavy atom. The van der Waals surface area contributed by atoms with E-state index in [0.717, 1.165) is 29.6 Å². The summed E-state index contributed by atoms with van der Waals surface area (Å²) in [4.78, 5) is 12.8. The van der Waals surface area contributed by atoms with Gasteiger partial charge in [-0.2, -0.15) is 0 Å². The minimum absolute atomic E-state index is 0.322. The molecule has 0 radical (unpaired) electrons. The van der Waals surface area contributed by atoms with Crippen molar-refractivity contribution in [3.05, 3.63) is 71.5 Å². The quantitative estimate of drug-likeness (QED) is 0.556. The summed E-state index contributed by atoms with van der Waals surface area (Å²) in [6.07, 6.45) is 6.34. The van der Waals surface area contributed by atoms with Crippen molar-refractivity contribution in [1.82, 2.24) is 9.97 Å². The fraction of sp³-hybridized carbons (Fsp3) is 0.304. The lowest BCUT2D eigenvalue weighted by Gasteiger charge is -2.18. The van der Waals surface area contributed by atoms with Crippen molar-refractivity contribution in [3.8, 4) is 5.75 Å². The number of hydrogen-bond acceptors (Lipinski definition) is 5. The Kier molecular flexibility index (Phi) is 4.27. The highest BCUT2D eigenvalue weighted by Crippen LogP contribution is 2.58. The Labute approximate surface area is 170 Å². The van der Waals surface area contributed by atoms with Crippen LogP contribution < -0.4 is 9.64 Å². The second kappa shape index (κ2) is 6.82. The number of hydrogen-bond donors (Lipinski definition) is 0. The number of aryl methyl sites for hydroxylation is 1. The molecule has 0 N–H and O–H groups in total. The van der Waals surface area contributed by atoms with E-state index >= 15 is 0 Å². The second-order valence-corrected chi connectivity index (χ2v) is 8.79. The number of anilines is 2. The highest BCUT2D eigenvalue weighted by molar-refractivity contribution is 7.98. The minimum Gasteiger partial charge on any atom is -0.497 e. The SMILES string of the molecule is COc1ccc(CSc2ccc3c(c2)N(c2ncc(C)cn2)CC32CC2)cc1. The number of aromatic nitrogens is 2. The lowest BCUT2D eigenvalue weighted by Crippen LogP contribution is -2.21. The molecule has 1 saturated carbocycles. The van der Waals surface area contributed by atoms with E-state index < -0.39 is 0 Å². The van der Waals surface area contributed by atoms with E-state index in [9.17, 15) is 0 Å². The predicted octanol–water partition coefficient (Wildman–Crippen LogP) is 5.27. The zero-order valence-electron chi connectivity index (χ0n) is 16.2. The molecule has 5 rings (SSSR count). The summed E-state index contributed by atoms with van der Waals surface area (Å²) in [6, 6.07) is 15.2. The molecule has 1 aromatic heterocycles. The lowest BCUT2D eigenvalue weighted by atomic mass is 9.99. The van der Waals surface area contributed by atoms with Crippen molar-refractivity contribution in [1.29, 1.82) is 0 Å². The van der Waals surface area contributed by atoms with E-state index in [2.05, 4.69) is 45.2 Å². The third-order valence-electron chi connectivity index (χ3n) is 5.72. The van der Waals surface area contributed by atoms with Gasteiger partial charge in [-0.1, -0.05) is 18.2 Å². The van der Waals surface area contributed by atoms with Gasteiger partial charge in [0.15, 0.2) is 0 Å². The number of methoxy groups -OCH3 is 1. The van der Waals surface area contributed by atoms with Crippen LogP contribution >= 0.6 is 11.8 Å². The molecule has 3 aromatic rings. The van der Waals surface area contributed by atoms with Crippen molar-refractivity contribution in [3.63, 3.8) is 0 Å². The minimum atomic E-state index is 0.322. The maximum atomic E-state index is 5.24. The van der Waals surface area contributed by atoms with Gasteiger partial charge >= 0.3 is 0 Å². The summed E-state index contributed by atoms with van der Waals surface area (Å²) >= 11 is 1.86. The van der Waals surface area contributed by atoms with Gasteiger partial charge in [-0.25, -0.2) is 9.97 Å². The molecule has 1 aliphatic heterocycles. The molecule has 0 saturated heterocycles. The molecule has 2 aromatic carbocycles. The highest BCUT2D eigenvalue weighted by atomic mass is 32.2. The molecule has 5 heteroatoms. The number of thioether (sulfide) groups is 1. The fourth-order valence-electron chi connectivity index (χ4n) is 3.92. The van der Waals surface area contributed by atoms with Gasteiger partial charge in [0.2, 0.25) is 5.95 Å². The molecule has 4 nitrogen and oxygen atoms in total. The summed E-state index contributed by atoms with van der Waals surface area (Å²) in [5, 5.41) is 0. The Balaban J connectivity index is 1.40. The van der Waals surface area contributed by atoms with Crippen LogP contribution in [0.5, 0.6) is 5.75 Å². The second-order valence-electron chi connectivity index (χ2n) is 7.74. The van der Waals surface area contributed by atoms with Crippen LogP contribution in [0.1, 0.15) is 29.5 Å². The molecule has 2 aliphatic rings. The maximum Gasteiger partial charge on any atom is 0.229 e. The van der Waals surface area contributed by atoms with Crippen LogP contribution in [0, 0.1) is 6.92 Å². The van der Waals surface area contributed by atoms with Gasteiger partial charge in [-0.15, -0.1) is 11.8 Å². The molecule has 0 atom stereocenters. The van der Waals surface area contributed by atoms with E-state index in [1.807, 2.05) is 43.2 Å². The average Bonchev–Trinajstić information content (AvgIpc) is 3.44. The fourth-order valence-corrected chi connectivity index (χ4v) is 4.80. The molecular formula is C23H23N3OS. The number of benzene rings is 2. The highest BCUT2D eigenvalue weighted by Gasteiger charge is 2.52. The first-order valence-electron chi connectivity index (χ1n) is 9.63. The van der Waals surface area contributed by atoms with Crippen molar-refractivity contribution in [2.24, 2.45) is 0 Å². The molecule has 1 spiro atoms. The summed E-state index contributed by atoms with van der Waals surface area (Å²) in [5.41, 5.74) is 5.45. The largest absolute Gasteiger partial charge is 0.497 e. The number of rotatable bonds is 5. The van der Waals surface area contributed by atoms with Gasteiger partial charge in [-0.3, -0.25) is 0 Å². The molecule has 2 heterocycles. The average molecular weight is 390 g/mol. The number of fused-ring (bicyclic) bond motifs is 2. The Morgan fingerprint density at radius 2 is 1.82 bits per heavy atom. The third-order valence-corrected chi connectivity index (χ3v) is 6.78. The Bertz CT molecular complexity index is 997. The van der Waals surface area contributed by atoms with E-state index in [1.54, 1.807) is 7.11 Å². The number of ether oxygens (including phenoxy) is 1.